The van der Waals surface area contributed by atoms with Crippen molar-refractivity contribution in [3.8, 4) is 5.69 Å². The average Bonchev–Trinajstić information content (AvgIpc) is 3.39. The van der Waals surface area contributed by atoms with Gasteiger partial charge in [0.25, 0.3) is 5.56 Å². The minimum absolute atomic E-state index is 0.0622. The standard InChI is InChI=1S/C25H21N3O3S/c1-4-31-24(30)17-8-7-9-19(13-17)27-15(2)12-18(16(27)3)14-22-23(29)28-21-11-6-5-10-20(21)26-25(28)32-22/h5-14H,4H2,1-3H3/b22-14-. The summed E-state index contributed by atoms with van der Waals surface area (Å²) in [6, 6.07) is 17.1. The average molecular weight is 444 g/mol. The molecule has 0 N–H and O–H groups in total. The van der Waals surface area contributed by atoms with Gasteiger partial charge in [0, 0.05) is 17.1 Å². The van der Waals surface area contributed by atoms with E-state index in [4.69, 9.17) is 4.74 Å². The maximum atomic E-state index is 13.1. The lowest BCUT2D eigenvalue weighted by atomic mass is 10.2. The molecule has 0 radical (unpaired) electrons. The van der Waals surface area contributed by atoms with E-state index >= 15 is 0 Å². The number of benzene rings is 2. The first-order chi connectivity index (χ1) is 15.5. The predicted molar refractivity (Wildman–Crippen MR) is 127 cm³/mol. The Hall–Kier alpha value is -3.71. The van der Waals surface area contributed by atoms with Crippen molar-refractivity contribution in [2.45, 2.75) is 20.8 Å². The zero-order chi connectivity index (χ0) is 22.4. The molecule has 0 aliphatic carbocycles. The maximum Gasteiger partial charge on any atom is 0.338 e. The summed E-state index contributed by atoms with van der Waals surface area (Å²) < 4.78 is 9.52. The van der Waals surface area contributed by atoms with Crippen LogP contribution in [0.3, 0.4) is 0 Å². The summed E-state index contributed by atoms with van der Waals surface area (Å²) in [5, 5.41) is 0. The normalized spacial score (nSPS) is 12.2. The molecular formula is C25H21N3O3S. The van der Waals surface area contributed by atoms with Crippen molar-refractivity contribution in [1.29, 1.82) is 0 Å². The molecule has 2 aromatic carbocycles. The molecule has 5 rings (SSSR count). The van der Waals surface area contributed by atoms with Crippen molar-refractivity contribution in [3.63, 3.8) is 0 Å². The van der Waals surface area contributed by atoms with Gasteiger partial charge in [0.05, 0.1) is 27.7 Å². The third-order valence-corrected chi connectivity index (χ3v) is 6.49. The van der Waals surface area contributed by atoms with E-state index in [9.17, 15) is 9.59 Å². The number of carbonyl (C=O) groups is 1. The second-order valence-electron chi connectivity index (χ2n) is 7.57. The Balaban J connectivity index is 1.62. The second-order valence-corrected chi connectivity index (χ2v) is 8.58. The Bertz CT molecular complexity index is 1610. The van der Waals surface area contributed by atoms with Gasteiger partial charge in [0.2, 0.25) is 0 Å². The van der Waals surface area contributed by atoms with E-state index in [2.05, 4.69) is 9.55 Å². The molecule has 0 aliphatic heterocycles. The van der Waals surface area contributed by atoms with Gasteiger partial charge in [-0.15, -0.1) is 0 Å². The number of para-hydroxylation sites is 2. The first-order valence-corrected chi connectivity index (χ1v) is 11.2. The van der Waals surface area contributed by atoms with Crippen LogP contribution in [0.5, 0.6) is 0 Å². The number of nitrogens with zero attached hydrogens (tertiary/aromatic N) is 3. The molecule has 0 fully saturated rings. The van der Waals surface area contributed by atoms with E-state index in [1.54, 1.807) is 17.4 Å². The van der Waals surface area contributed by atoms with E-state index in [1.165, 1.54) is 11.3 Å². The number of aromatic nitrogens is 3. The highest BCUT2D eigenvalue weighted by molar-refractivity contribution is 7.15. The third-order valence-electron chi connectivity index (χ3n) is 5.52. The molecule has 0 unspecified atom stereocenters. The highest BCUT2D eigenvalue weighted by atomic mass is 32.1. The molecule has 160 valence electrons. The molecule has 0 amide bonds. The molecule has 32 heavy (non-hydrogen) atoms. The van der Waals surface area contributed by atoms with E-state index in [0.717, 1.165) is 33.7 Å². The van der Waals surface area contributed by atoms with Crippen molar-refractivity contribution in [1.82, 2.24) is 14.0 Å². The van der Waals surface area contributed by atoms with Gasteiger partial charge >= 0.3 is 5.97 Å². The summed E-state index contributed by atoms with van der Waals surface area (Å²) >= 11 is 1.39. The van der Waals surface area contributed by atoms with Crippen LogP contribution < -0.4 is 10.1 Å². The number of rotatable bonds is 4. The van der Waals surface area contributed by atoms with E-state index in [0.29, 0.717) is 21.7 Å². The highest BCUT2D eigenvalue weighted by Crippen LogP contribution is 2.23. The fraction of sp³-hybridized carbons (Fsp3) is 0.160. The number of carbonyl (C=O) groups excluding carboxylic acids is 1. The van der Waals surface area contributed by atoms with Crippen LogP contribution in [0.2, 0.25) is 0 Å². The fourth-order valence-electron chi connectivity index (χ4n) is 4.07. The zero-order valence-electron chi connectivity index (χ0n) is 18.0. The van der Waals surface area contributed by atoms with Gasteiger partial charge in [-0.25, -0.2) is 14.2 Å². The molecule has 3 aromatic heterocycles. The minimum Gasteiger partial charge on any atom is -0.462 e. The van der Waals surface area contributed by atoms with Gasteiger partial charge in [-0.2, -0.15) is 0 Å². The van der Waals surface area contributed by atoms with Crippen molar-refractivity contribution in [2.24, 2.45) is 0 Å². The Kier molecular flexibility index (Phi) is 4.90. The predicted octanol–water partition coefficient (Wildman–Crippen LogP) is 4.04. The molecule has 0 atom stereocenters. The van der Waals surface area contributed by atoms with Crippen LogP contribution in [-0.2, 0) is 4.74 Å². The van der Waals surface area contributed by atoms with Gasteiger partial charge < -0.3 is 9.30 Å². The topological polar surface area (TPSA) is 65.6 Å². The monoisotopic (exact) mass is 443 g/mol. The Morgan fingerprint density at radius 3 is 2.75 bits per heavy atom. The summed E-state index contributed by atoms with van der Waals surface area (Å²) in [4.78, 5) is 30.5. The molecule has 0 bridgehead atoms. The van der Waals surface area contributed by atoms with Gasteiger partial charge in [-0.3, -0.25) is 4.79 Å². The molecule has 6 nitrogen and oxygen atoms in total. The summed E-state index contributed by atoms with van der Waals surface area (Å²) in [6.07, 6.45) is 1.92. The van der Waals surface area contributed by atoms with E-state index in [-0.39, 0.29) is 11.5 Å². The van der Waals surface area contributed by atoms with Gasteiger partial charge in [0.1, 0.15) is 0 Å². The molecule has 5 aromatic rings. The minimum atomic E-state index is -0.339. The molecule has 0 saturated carbocycles. The number of hydrogen-bond acceptors (Lipinski definition) is 5. The zero-order valence-corrected chi connectivity index (χ0v) is 18.8. The Labute approximate surface area is 188 Å². The molecule has 0 aliphatic rings. The summed E-state index contributed by atoms with van der Waals surface area (Å²) in [5.41, 5.74) is 5.91. The van der Waals surface area contributed by atoms with Crippen molar-refractivity contribution >= 4 is 39.4 Å². The van der Waals surface area contributed by atoms with Crippen LogP contribution in [0.25, 0.3) is 27.8 Å². The van der Waals surface area contributed by atoms with Gasteiger partial charge in [-0.1, -0.05) is 29.5 Å². The SMILES string of the molecule is CCOC(=O)c1cccc(-n2c(C)cc(/C=c3\sc4nc5ccccc5n4c3=O)c2C)c1. The summed E-state index contributed by atoms with van der Waals surface area (Å²) in [5.74, 6) is -0.339. The number of hydrogen-bond donors (Lipinski definition) is 0. The molecule has 3 heterocycles. The van der Waals surface area contributed by atoms with Gasteiger partial charge in [-0.05, 0) is 68.8 Å². The smallest absolute Gasteiger partial charge is 0.338 e. The molecule has 7 heteroatoms. The van der Waals surface area contributed by atoms with Crippen LogP contribution in [0, 0.1) is 13.8 Å². The number of ether oxygens (including phenoxy) is 1. The third kappa shape index (κ3) is 3.22. The molecule has 0 saturated heterocycles. The number of aryl methyl sites for hydroxylation is 1. The van der Waals surface area contributed by atoms with Crippen molar-refractivity contribution in [2.75, 3.05) is 6.61 Å². The first kappa shape index (κ1) is 20.2. The van der Waals surface area contributed by atoms with E-state index < -0.39 is 0 Å². The number of thiazole rings is 1. The Morgan fingerprint density at radius 2 is 1.94 bits per heavy atom. The van der Waals surface area contributed by atoms with Crippen LogP contribution in [-0.4, -0.2) is 26.5 Å². The van der Waals surface area contributed by atoms with Crippen molar-refractivity contribution in [3.05, 3.63) is 92.0 Å². The highest BCUT2D eigenvalue weighted by Gasteiger charge is 2.14. The molecule has 0 spiro atoms. The quantitative estimate of drug-likeness (QED) is 0.393. The maximum absolute atomic E-state index is 13.1. The van der Waals surface area contributed by atoms with Crippen LogP contribution in [0.4, 0.5) is 0 Å². The van der Waals surface area contributed by atoms with Gasteiger partial charge in [0.15, 0.2) is 4.96 Å². The lowest BCUT2D eigenvalue weighted by Crippen LogP contribution is -2.22. The fourth-order valence-corrected chi connectivity index (χ4v) is 5.05. The summed E-state index contributed by atoms with van der Waals surface area (Å²) in [7, 11) is 0. The lowest BCUT2D eigenvalue weighted by Gasteiger charge is -2.11. The first-order valence-electron chi connectivity index (χ1n) is 10.4. The van der Waals surface area contributed by atoms with Crippen LogP contribution in [0.1, 0.15) is 34.2 Å². The molecular weight excluding hydrogens is 422 g/mol. The Morgan fingerprint density at radius 1 is 1.12 bits per heavy atom. The lowest BCUT2D eigenvalue weighted by molar-refractivity contribution is 0.0526. The second kappa shape index (κ2) is 7.76. The van der Waals surface area contributed by atoms with Crippen molar-refractivity contribution < 1.29 is 9.53 Å². The largest absolute Gasteiger partial charge is 0.462 e. The van der Waals surface area contributed by atoms with E-state index in [1.807, 2.05) is 68.5 Å². The number of fused-ring (bicyclic) bond motifs is 3. The van der Waals surface area contributed by atoms with Crippen LogP contribution in [0.15, 0.2) is 59.4 Å². The number of imidazole rings is 1. The number of esters is 1. The summed E-state index contributed by atoms with van der Waals surface area (Å²) in [6.45, 7) is 6.14. The van der Waals surface area contributed by atoms with Crippen LogP contribution >= 0.6 is 11.3 Å².